The van der Waals surface area contributed by atoms with Crippen molar-refractivity contribution in [3.8, 4) is 120 Å². The van der Waals surface area contributed by atoms with Gasteiger partial charge in [0.2, 0.25) is 0 Å². The summed E-state index contributed by atoms with van der Waals surface area (Å²) in [5.41, 5.74) is 16.7. The van der Waals surface area contributed by atoms with Crippen LogP contribution in [0.1, 0.15) is 24.8 Å². The van der Waals surface area contributed by atoms with Crippen LogP contribution in [0.5, 0.6) is 0 Å². The van der Waals surface area contributed by atoms with Crippen molar-refractivity contribution in [1.82, 2.24) is 48.6 Å². The number of fused-ring (bicyclic) bond motifs is 14. The Hall–Kier alpha value is -16.4. The molecule has 0 aliphatic rings. The van der Waals surface area contributed by atoms with Crippen molar-refractivity contribution in [2.45, 2.75) is 0 Å². The Morgan fingerprint density at radius 3 is 1.12 bits per heavy atom. The molecule has 1 N–H and O–H groups in total. The van der Waals surface area contributed by atoms with E-state index in [2.05, 4.69) is 74.1 Å². The Morgan fingerprint density at radius 1 is 0.282 bits per heavy atom. The van der Waals surface area contributed by atoms with E-state index in [0.717, 1.165) is 121 Å². The molecule has 6 aromatic heterocycles. The van der Waals surface area contributed by atoms with Gasteiger partial charge in [-0.05, 0) is 119 Å². The van der Waals surface area contributed by atoms with E-state index in [0.29, 0.717) is 68.4 Å². The minimum atomic E-state index is -0.574. The molecule has 0 fully saturated rings. The normalized spacial score (nSPS) is 12.5. The molecule has 0 saturated heterocycles. The summed E-state index contributed by atoms with van der Waals surface area (Å²) in [5.74, 6) is 2.23. The molecule has 548 valence electrons. The molecular weight excluding hydrogens is 1440 g/mol. The summed E-state index contributed by atoms with van der Waals surface area (Å²) < 4.78 is 104. The van der Waals surface area contributed by atoms with Gasteiger partial charge in [-0.25, -0.2) is 34.3 Å². The molecule has 12 nitrogen and oxygen atoms in total. The lowest BCUT2D eigenvalue weighted by molar-refractivity contribution is 0.624. The van der Waals surface area contributed by atoms with Gasteiger partial charge in [0, 0.05) is 93.4 Å². The number of aromatic nitrogens is 10. The fraction of sp³-hybridized carbons (Fsp3) is 0. The van der Waals surface area contributed by atoms with Crippen molar-refractivity contribution >= 4 is 87.2 Å². The summed E-state index contributed by atoms with van der Waals surface area (Å²) in [4.78, 5) is 32.4. The molecule has 0 aliphatic carbocycles. The van der Waals surface area contributed by atoms with E-state index in [9.17, 15) is 14.9 Å². The van der Waals surface area contributed by atoms with Gasteiger partial charge < -0.3 is 18.7 Å². The summed E-state index contributed by atoms with van der Waals surface area (Å²) in [5, 5.41) is 27.9. The number of para-hydroxylation sites is 6. The number of H-pyrrole nitrogens is 1. The molecule has 0 spiro atoms. The third kappa shape index (κ3) is 12.9. The van der Waals surface area contributed by atoms with Crippen molar-refractivity contribution in [2.24, 2.45) is 0 Å². The Morgan fingerprint density at radius 2 is 0.632 bits per heavy atom. The zero-order valence-corrected chi connectivity index (χ0v) is 62.0. The van der Waals surface area contributed by atoms with E-state index in [1.54, 1.807) is 15.2 Å². The summed E-state index contributed by atoms with van der Waals surface area (Å²) in [6.07, 6.45) is 0. The first-order valence-electron chi connectivity index (χ1n) is 42.7. The summed E-state index contributed by atoms with van der Waals surface area (Å²) in [6, 6.07) is 106. The molecule has 0 saturated carbocycles. The van der Waals surface area contributed by atoms with Crippen LogP contribution >= 0.6 is 0 Å². The number of hydrogen-bond acceptors (Lipinski definition) is 8. The lowest BCUT2D eigenvalue weighted by Crippen LogP contribution is -2.02. The van der Waals surface area contributed by atoms with Crippen LogP contribution in [0.3, 0.4) is 0 Å². The van der Waals surface area contributed by atoms with Crippen molar-refractivity contribution in [2.75, 3.05) is 0 Å². The third-order valence-corrected chi connectivity index (χ3v) is 21.0. The average molecular weight is 1510 g/mol. The second kappa shape index (κ2) is 30.0. The number of nitriles is 2. The lowest BCUT2D eigenvalue weighted by Gasteiger charge is -2.13. The zero-order valence-electron chi connectivity index (χ0n) is 72.0. The van der Waals surface area contributed by atoms with Gasteiger partial charge in [0.25, 0.3) is 0 Å². The van der Waals surface area contributed by atoms with Crippen LogP contribution < -0.4 is 0 Å². The molecule has 22 aromatic rings. The van der Waals surface area contributed by atoms with E-state index in [-0.39, 0.29) is 53.2 Å². The highest BCUT2D eigenvalue weighted by Gasteiger charge is 2.25. The van der Waals surface area contributed by atoms with Crippen molar-refractivity contribution in [3.05, 3.63) is 405 Å². The molecule has 22 rings (SSSR count). The highest BCUT2D eigenvalue weighted by molar-refractivity contribution is 6.27. The Labute approximate surface area is 685 Å². The summed E-state index contributed by atoms with van der Waals surface area (Å²) >= 11 is 0. The second-order valence-corrected chi connectivity index (χ2v) is 27.8. The van der Waals surface area contributed by atoms with E-state index >= 15 is 0 Å². The summed E-state index contributed by atoms with van der Waals surface area (Å²) in [6.45, 7) is 0. The van der Waals surface area contributed by atoms with Crippen molar-refractivity contribution < 1.29 is 18.1 Å². The van der Waals surface area contributed by atoms with Gasteiger partial charge in [-0.15, -0.1) is 0 Å². The molecule has 6 heterocycles. The predicted octanol–water partition coefficient (Wildman–Crippen LogP) is 25.6. The van der Waals surface area contributed by atoms with E-state index in [4.69, 9.17) is 33.6 Å². The van der Waals surface area contributed by atoms with Gasteiger partial charge in [-0.2, -0.15) is 10.5 Å². The number of hydrogen-bond donors (Lipinski definition) is 1. The Balaban J connectivity index is 0.000000133. The maximum absolute atomic E-state index is 13.9. The number of aromatic amines is 1. The van der Waals surface area contributed by atoms with Crippen LogP contribution in [0, 0.1) is 28.5 Å². The molecule has 0 unspecified atom stereocenters. The molecule has 0 atom stereocenters. The maximum Gasteiger partial charge on any atom is 0.164 e. The number of halogens is 1. The Kier molecular flexibility index (Phi) is 15.3. The standard InChI is InChI=1S/C52H32N6.C28H17FN4.C24H16N2/c53-33-39-32-38(52-55-50(36-16-6-2-7-17-36)54-51(56-52)37-26-24-35(25-27-37)34-14-4-1-5-15-34)28-30-44(39)58-45-22-12-10-20-41(45)42-29-31-47-48(49(42)58)43-21-11-13-23-46(43)57(47)40-18-8-3-9-19-40;29-25-16-15-23(17-24(25)18-30)28-32-26(21-9-5-2-6-10-21)31-27(33-28)22-13-11-20(12-14-22)19-7-3-1-4-8-19;1-2-8-16(9-3-1)26-21-13-7-5-11-19(21)23-22(26)15-14-18-17-10-4-6-12-20(17)25-24(18)23/h1-32H;1-17H;1-15,25H/i3D,8D,9D,18D,19D;;1D,2D,3D,8D,9D. The molecule has 0 radical (unpaired) electrons. The minimum Gasteiger partial charge on any atom is -0.354 e. The van der Waals surface area contributed by atoms with Crippen LogP contribution in [0.25, 0.3) is 195 Å². The van der Waals surface area contributed by atoms with E-state index in [1.165, 1.54) is 12.1 Å². The number of nitrogens with one attached hydrogen (secondary N) is 1. The van der Waals surface area contributed by atoms with Gasteiger partial charge in [-0.3, -0.25) is 0 Å². The predicted molar refractivity (Wildman–Crippen MR) is 471 cm³/mol. The van der Waals surface area contributed by atoms with Gasteiger partial charge in [0.1, 0.15) is 18.0 Å². The fourth-order valence-electron chi connectivity index (χ4n) is 15.6. The van der Waals surface area contributed by atoms with E-state index in [1.807, 2.05) is 267 Å². The fourth-order valence-corrected chi connectivity index (χ4v) is 15.6. The molecular formula is C104H65FN12. The molecule has 13 heteroatoms. The molecule has 117 heavy (non-hydrogen) atoms. The molecule has 0 bridgehead atoms. The van der Waals surface area contributed by atoms with Gasteiger partial charge >= 0.3 is 0 Å². The van der Waals surface area contributed by atoms with Crippen LogP contribution in [0.4, 0.5) is 4.39 Å². The first kappa shape index (κ1) is 59.5. The average Bonchev–Trinajstić information content (AvgIpc) is 1.54. The minimum absolute atomic E-state index is 0.0528. The molecule has 0 amide bonds. The number of benzene rings is 16. The largest absolute Gasteiger partial charge is 0.354 e. The third-order valence-electron chi connectivity index (χ3n) is 21.0. The monoisotopic (exact) mass is 1510 g/mol. The maximum atomic E-state index is 13.9. The van der Waals surface area contributed by atoms with Gasteiger partial charge in [0.15, 0.2) is 34.9 Å². The number of nitrogens with zero attached hydrogens (tertiary/aromatic N) is 11. The van der Waals surface area contributed by atoms with Crippen molar-refractivity contribution in [3.63, 3.8) is 0 Å². The summed E-state index contributed by atoms with van der Waals surface area (Å²) in [7, 11) is 0. The smallest absolute Gasteiger partial charge is 0.164 e. The molecule has 16 aromatic carbocycles. The molecule has 0 aliphatic heterocycles. The van der Waals surface area contributed by atoms with Crippen LogP contribution in [0.2, 0.25) is 0 Å². The van der Waals surface area contributed by atoms with Gasteiger partial charge in [0.05, 0.1) is 69.1 Å². The number of rotatable bonds is 11. The van der Waals surface area contributed by atoms with Crippen LogP contribution in [-0.2, 0) is 0 Å². The first-order valence-corrected chi connectivity index (χ1v) is 37.7. The highest BCUT2D eigenvalue weighted by atomic mass is 19.1. The van der Waals surface area contributed by atoms with Crippen molar-refractivity contribution in [1.29, 1.82) is 10.5 Å². The van der Waals surface area contributed by atoms with Crippen LogP contribution in [0.15, 0.2) is 388 Å². The van der Waals surface area contributed by atoms with E-state index < -0.39 is 30.0 Å². The zero-order chi connectivity index (χ0) is 87.0. The quantitative estimate of drug-likeness (QED) is 0.134. The lowest BCUT2D eigenvalue weighted by atomic mass is 10.0. The first-order chi connectivity index (χ1) is 62.0. The topological polar surface area (TPSA) is 156 Å². The second-order valence-electron chi connectivity index (χ2n) is 27.8. The SMILES string of the molecule is N#Cc1cc(-c2nc(-c3ccccc3)nc(-c3ccc(-c4ccccc4)cc3)n2)ccc1F.[2H]c1c([2H])c([2H])c(-n2c3ccccc3c3c2ccc2c4ccccc4n(-c4ccc(-c5nc(-c6ccccc6)nc(-c6ccc(-c7ccccc7)cc6)n5)cc4C#N)c23)c([2H])c1[2H].[2H]c1c([2H])c([2H])c(-n2c3ccccc3c3c4[nH]c5ccccc5c4ccc32)c([2H])c1[2H]. The highest BCUT2D eigenvalue weighted by Crippen LogP contribution is 2.44. The Bertz CT molecular complexity index is 8240. The van der Waals surface area contributed by atoms with Crippen LogP contribution in [-0.4, -0.2) is 48.6 Å². The van der Waals surface area contributed by atoms with Gasteiger partial charge in [-0.1, -0.05) is 291 Å².